The highest BCUT2D eigenvalue weighted by molar-refractivity contribution is 6.55. The average Bonchev–Trinajstić information content (AvgIpc) is 2.68. The third kappa shape index (κ3) is 14.3. The van der Waals surface area contributed by atoms with E-state index in [9.17, 15) is 0 Å². The lowest BCUT2D eigenvalue weighted by Gasteiger charge is -2.16. The SMILES string of the molecule is CC(COCCCCCCCOc1c(Cl)cc(OCC=C(Cl)Cl)cc1Cl)=NOC(C)(C)C. The number of hydrogen-bond donors (Lipinski definition) is 0. The van der Waals surface area contributed by atoms with Crippen LogP contribution in [0.25, 0.3) is 0 Å². The summed E-state index contributed by atoms with van der Waals surface area (Å²) >= 11 is 23.6. The zero-order valence-corrected chi connectivity index (χ0v) is 22.2. The third-order valence-electron chi connectivity index (χ3n) is 3.93. The van der Waals surface area contributed by atoms with Crippen LogP contribution in [0.1, 0.15) is 59.8 Å². The molecule has 9 heteroatoms. The van der Waals surface area contributed by atoms with Crippen LogP contribution in [-0.4, -0.2) is 37.7 Å². The van der Waals surface area contributed by atoms with Crippen LogP contribution in [0.15, 0.2) is 27.9 Å². The molecule has 0 atom stereocenters. The van der Waals surface area contributed by atoms with Gasteiger partial charge in [-0.25, -0.2) is 0 Å². The minimum absolute atomic E-state index is 0.140. The van der Waals surface area contributed by atoms with Crippen LogP contribution < -0.4 is 9.47 Å². The summed E-state index contributed by atoms with van der Waals surface area (Å²) in [6.07, 6.45) is 6.72. The topological polar surface area (TPSA) is 49.3 Å². The summed E-state index contributed by atoms with van der Waals surface area (Å²) in [6, 6.07) is 3.31. The molecule has 0 heterocycles. The van der Waals surface area contributed by atoms with Gasteiger partial charge in [0.15, 0.2) is 5.75 Å². The van der Waals surface area contributed by atoms with Crippen LogP contribution in [0.4, 0.5) is 0 Å². The molecule has 0 saturated heterocycles. The van der Waals surface area contributed by atoms with Crippen molar-refractivity contribution in [2.45, 2.75) is 65.4 Å². The van der Waals surface area contributed by atoms with Crippen LogP contribution in [0.2, 0.25) is 10.0 Å². The van der Waals surface area contributed by atoms with E-state index < -0.39 is 0 Å². The summed E-state index contributed by atoms with van der Waals surface area (Å²) < 4.78 is 17.0. The second kappa shape index (κ2) is 15.9. The predicted molar refractivity (Wildman–Crippen MR) is 135 cm³/mol. The van der Waals surface area contributed by atoms with Gasteiger partial charge in [0.2, 0.25) is 0 Å². The zero-order chi connectivity index (χ0) is 24.0. The highest BCUT2D eigenvalue weighted by Gasteiger charge is 2.11. The van der Waals surface area contributed by atoms with Gasteiger partial charge in [-0.05, 0) is 46.6 Å². The highest BCUT2D eigenvalue weighted by Crippen LogP contribution is 2.37. The maximum absolute atomic E-state index is 6.26. The van der Waals surface area contributed by atoms with E-state index in [0.717, 1.165) is 37.8 Å². The number of hydrogen-bond acceptors (Lipinski definition) is 5. The standard InChI is InChI=1S/C23H33Cl4NO4/c1-17(28-32-23(2,3)4)16-29-11-8-6-5-7-9-12-31-22-19(24)14-18(15-20(22)25)30-13-10-21(26)27/h10,14-15H,5-9,11-13,16H2,1-4H3. The molecule has 0 aliphatic carbocycles. The first kappa shape index (κ1) is 29.2. The van der Waals surface area contributed by atoms with Gasteiger partial charge in [0.1, 0.15) is 22.4 Å². The van der Waals surface area contributed by atoms with E-state index in [-0.39, 0.29) is 16.7 Å². The van der Waals surface area contributed by atoms with Gasteiger partial charge >= 0.3 is 0 Å². The first-order chi connectivity index (χ1) is 15.1. The fourth-order valence-electron chi connectivity index (χ4n) is 2.43. The molecule has 182 valence electrons. The molecule has 1 aromatic carbocycles. The molecule has 1 aromatic rings. The molecule has 1 rings (SSSR count). The molecule has 0 N–H and O–H groups in total. The van der Waals surface area contributed by atoms with E-state index in [1.165, 1.54) is 6.08 Å². The van der Waals surface area contributed by atoms with Crippen LogP contribution in [0.5, 0.6) is 11.5 Å². The fourth-order valence-corrected chi connectivity index (χ4v) is 3.13. The van der Waals surface area contributed by atoms with Gasteiger partial charge in [-0.2, -0.15) is 0 Å². The predicted octanol–water partition coefficient (Wildman–Crippen LogP) is 8.23. The maximum atomic E-state index is 6.26. The normalized spacial score (nSPS) is 11.9. The Morgan fingerprint density at radius 1 is 0.938 bits per heavy atom. The van der Waals surface area contributed by atoms with Crippen LogP contribution in [0.3, 0.4) is 0 Å². The number of unbranched alkanes of at least 4 members (excludes halogenated alkanes) is 4. The molecule has 5 nitrogen and oxygen atoms in total. The molecule has 32 heavy (non-hydrogen) atoms. The quantitative estimate of drug-likeness (QED) is 0.131. The maximum Gasteiger partial charge on any atom is 0.156 e. The minimum Gasteiger partial charge on any atom is -0.490 e. The molecule has 0 fully saturated rings. The second-order valence-electron chi connectivity index (χ2n) is 8.22. The molecule has 0 aliphatic heterocycles. The van der Waals surface area contributed by atoms with Crippen molar-refractivity contribution in [3.8, 4) is 11.5 Å². The number of ether oxygens (including phenoxy) is 3. The molecule has 0 saturated carbocycles. The van der Waals surface area contributed by atoms with Gasteiger partial charge in [-0.3, -0.25) is 0 Å². The van der Waals surface area contributed by atoms with E-state index in [4.69, 9.17) is 65.5 Å². The molecular weight excluding hydrogens is 496 g/mol. The van der Waals surface area contributed by atoms with Crippen LogP contribution in [0, 0.1) is 0 Å². The van der Waals surface area contributed by atoms with Gasteiger partial charge in [0, 0.05) is 18.7 Å². The Labute approximate surface area is 211 Å². The lowest BCUT2D eigenvalue weighted by molar-refractivity contribution is -0.000648. The first-order valence-corrected chi connectivity index (χ1v) is 12.1. The van der Waals surface area contributed by atoms with Crippen LogP contribution >= 0.6 is 46.4 Å². The van der Waals surface area contributed by atoms with Crippen molar-refractivity contribution in [2.75, 3.05) is 26.4 Å². The van der Waals surface area contributed by atoms with Crippen molar-refractivity contribution in [3.05, 3.63) is 32.7 Å². The summed E-state index contributed by atoms with van der Waals surface area (Å²) in [5.41, 5.74) is 0.557. The van der Waals surface area contributed by atoms with Gasteiger partial charge in [-0.15, -0.1) is 0 Å². The summed E-state index contributed by atoms with van der Waals surface area (Å²) in [4.78, 5) is 5.36. The Balaban J connectivity index is 2.15. The molecule has 0 bridgehead atoms. The van der Waals surface area contributed by atoms with E-state index in [1.54, 1.807) is 12.1 Å². The smallest absolute Gasteiger partial charge is 0.156 e. The molecule has 0 unspecified atom stereocenters. The molecular formula is C23H33Cl4NO4. The monoisotopic (exact) mass is 527 g/mol. The lowest BCUT2D eigenvalue weighted by Crippen LogP contribution is -2.17. The summed E-state index contributed by atoms with van der Waals surface area (Å²) in [5.74, 6) is 0.982. The summed E-state index contributed by atoms with van der Waals surface area (Å²) in [7, 11) is 0. The number of nitrogens with zero attached hydrogens (tertiary/aromatic N) is 1. The zero-order valence-electron chi connectivity index (χ0n) is 19.2. The molecule has 0 aliphatic rings. The van der Waals surface area contributed by atoms with Crippen molar-refractivity contribution in [1.82, 2.24) is 0 Å². The Hall–Kier alpha value is -0.850. The Kier molecular flexibility index (Phi) is 14.5. The van der Waals surface area contributed by atoms with Crippen molar-refractivity contribution < 1.29 is 19.0 Å². The second-order valence-corrected chi connectivity index (χ2v) is 10.0. The largest absolute Gasteiger partial charge is 0.490 e. The molecule has 0 amide bonds. The Morgan fingerprint density at radius 3 is 2.12 bits per heavy atom. The van der Waals surface area contributed by atoms with Crippen LogP contribution in [-0.2, 0) is 9.57 Å². The van der Waals surface area contributed by atoms with Gasteiger partial charge in [0.25, 0.3) is 0 Å². The van der Waals surface area contributed by atoms with E-state index >= 15 is 0 Å². The summed E-state index contributed by atoms with van der Waals surface area (Å²) in [5, 5.41) is 4.87. The van der Waals surface area contributed by atoms with Gasteiger partial charge < -0.3 is 19.0 Å². The van der Waals surface area contributed by atoms with Crippen molar-refractivity contribution in [1.29, 1.82) is 0 Å². The fraction of sp³-hybridized carbons (Fsp3) is 0.609. The highest BCUT2D eigenvalue weighted by atomic mass is 35.5. The molecule has 0 spiro atoms. The van der Waals surface area contributed by atoms with Crippen molar-refractivity contribution >= 4 is 52.1 Å². The first-order valence-electron chi connectivity index (χ1n) is 10.6. The van der Waals surface area contributed by atoms with Crippen molar-refractivity contribution in [2.24, 2.45) is 5.16 Å². The molecule has 0 radical (unpaired) electrons. The van der Waals surface area contributed by atoms with E-state index in [0.29, 0.717) is 41.4 Å². The van der Waals surface area contributed by atoms with Gasteiger partial charge in [0.05, 0.1) is 29.0 Å². The number of rotatable bonds is 15. The Bertz CT molecular complexity index is 721. The minimum atomic E-state index is -0.281. The summed E-state index contributed by atoms with van der Waals surface area (Å²) in [6.45, 7) is 9.76. The number of halogens is 4. The van der Waals surface area contributed by atoms with E-state index in [2.05, 4.69) is 5.16 Å². The van der Waals surface area contributed by atoms with Crippen molar-refractivity contribution in [3.63, 3.8) is 0 Å². The molecule has 0 aromatic heterocycles. The number of oxime groups is 1. The van der Waals surface area contributed by atoms with Gasteiger partial charge in [-0.1, -0.05) is 70.8 Å². The third-order valence-corrected chi connectivity index (χ3v) is 4.80. The average molecular weight is 529 g/mol. The Morgan fingerprint density at radius 2 is 1.53 bits per heavy atom. The lowest BCUT2D eigenvalue weighted by atomic mass is 10.1. The number of benzene rings is 1. The van der Waals surface area contributed by atoms with E-state index in [1.807, 2.05) is 27.7 Å².